The number of allylic oxidation sites excluding steroid dienone is 2. The molecule has 3 atom stereocenters. The third-order valence-electron chi connectivity index (χ3n) is 6.68. The average molecular weight is 357 g/mol. The van der Waals surface area contributed by atoms with Gasteiger partial charge in [-0.15, -0.1) is 6.58 Å². The van der Waals surface area contributed by atoms with Gasteiger partial charge >= 0.3 is 0 Å². The lowest BCUT2D eigenvalue weighted by Crippen LogP contribution is -2.60. The highest BCUT2D eigenvalue weighted by Gasteiger charge is 2.52. The molecule has 1 aromatic rings. The first-order valence-electron chi connectivity index (χ1n) is 9.70. The van der Waals surface area contributed by atoms with E-state index in [1.807, 2.05) is 19.1 Å². The number of piperidine rings is 2. The van der Waals surface area contributed by atoms with E-state index in [4.69, 9.17) is 5.73 Å². The predicted molar refractivity (Wildman–Crippen MR) is 110 cm³/mol. The molecule has 1 saturated carbocycles. The van der Waals surface area contributed by atoms with Gasteiger partial charge in [0.2, 0.25) is 0 Å². The lowest BCUT2D eigenvalue weighted by Gasteiger charge is -2.60. The van der Waals surface area contributed by atoms with Gasteiger partial charge < -0.3 is 4.90 Å². The number of halogens is 1. The maximum absolute atomic E-state index is 14.9. The van der Waals surface area contributed by atoms with Crippen LogP contribution in [-0.4, -0.2) is 13.1 Å². The van der Waals surface area contributed by atoms with Crippen molar-refractivity contribution in [2.75, 3.05) is 18.0 Å². The summed E-state index contributed by atoms with van der Waals surface area (Å²) in [6.07, 6.45) is 3.03. The van der Waals surface area contributed by atoms with Crippen molar-refractivity contribution in [1.29, 1.82) is 0 Å². The predicted octanol–water partition coefficient (Wildman–Crippen LogP) is 5.64. The zero-order chi connectivity index (χ0) is 19.3. The Labute approximate surface area is 158 Å². The Kier molecular flexibility index (Phi) is 4.81. The van der Waals surface area contributed by atoms with E-state index >= 15 is 0 Å². The average Bonchev–Trinajstić information content (AvgIpc) is 2.58. The van der Waals surface area contributed by atoms with Crippen molar-refractivity contribution in [2.24, 2.45) is 23.0 Å². The summed E-state index contributed by atoms with van der Waals surface area (Å²) in [7, 11) is 0. The van der Waals surface area contributed by atoms with Crippen molar-refractivity contribution < 1.29 is 4.39 Å². The van der Waals surface area contributed by atoms with Crippen molar-refractivity contribution in [3.05, 3.63) is 48.1 Å². The number of alkyl halides is 1. The van der Waals surface area contributed by atoms with Crippen LogP contribution < -0.4 is 10.6 Å². The van der Waals surface area contributed by atoms with E-state index in [1.165, 1.54) is 13.3 Å². The van der Waals surface area contributed by atoms with Crippen molar-refractivity contribution in [3.8, 4) is 0 Å². The number of hydrogen-bond acceptors (Lipinski definition) is 2. The second-order valence-electron chi connectivity index (χ2n) is 9.22. The number of anilines is 1. The Hall–Kier alpha value is -1.61. The molecule has 0 radical (unpaired) electrons. The Morgan fingerprint density at radius 1 is 1.27 bits per heavy atom. The van der Waals surface area contributed by atoms with Crippen LogP contribution in [0.15, 0.2) is 36.9 Å². The second kappa shape index (κ2) is 6.53. The van der Waals surface area contributed by atoms with E-state index < -0.39 is 5.79 Å². The molecule has 0 spiro atoms. The Morgan fingerprint density at radius 3 is 2.38 bits per heavy atom. The Balaban J connectivity index is 1.87. The molecule has 3 fully saturated rings. The molecule has 0 aromatic heterocycles. The molecule has 4 rings (SSSR count). The third-order valence-corrected chi connectivity index (χ3v) is 6.68. The van der Waals surface area contributed by atoms with E-state index in [2.05, 4.69) is 38.0 Å². The van der Waals surface area contributed by atoms with Gasteiger partial charge in [0, 0.05) is 24.3 Å². The van der Waals surface area contributed by atoms with E-state index in [9.17, 15) is 4.39 Å². The minimum absolute atomic E-state index is 0.412. The van der Waals surface area contributed by atoms with Gasteiger partial charge in [-0.05, 0) is 73.6 Å². The molecule has 3 aliphatic rings. The number of hydrogen-bond donors (Lipinski definition) is 1. The SMILES string of the molecule is C=C(C)CCC(=C)c1ccc(N2CC3CC(C2)C3(C)C)c(C(C)(N)F)c1. The molecule has 142 valence electrons. The fraction of sp³-hybridized carbons (Fsp3) is 0.565. The summed E-state index contributed by atoms with van der Waals surface area (Å²) >= 11 is 0. The summed E-state index contributed by atoms with van der Waals surface area (Å²) < 4.78 is 14.9. The summed E-state index contributed by atoms with van der Waals surface area (Å²) in [4.78, 5) is 2.34. The number of fused-ring (bicyclic) bond motifs is 2. The van der Waals surface area contributed by atoms with Crippen LogP contribution in [0.2, 0.25) is 0 Å². The minimum atomic E-state index is -1.86. The maximum atomic E-state index is 14.9. The van der Waals surface area contributed by atoms with Gasteiger partial charge in [-0.2, -0.15) is 0 Å². The van der Waals surface area contributed by atoms with E-state index in [0.717, 1.165) is 48.3 Å². The van der Waals surface area contributed by atoms with Crippen LogP contribution in [0.1, 0.15) is 58.1 Å². The maximum Gasteiger partial charge on any atom is 0.184 e. The number of nitrogens with two attached hydrogens (primary N) is 1. The van der Waals surface area contributed by atoms with Crippen molar-refractivity contribution in [1.82, 2.24) is 0 Å². The Morgan fingerprint density at radius 2 is 1.88 bits per heavy atom. The van der Waals surface area contributed by atoms with Crippen LogP contribution in [0.25, 0.3) is 5.57 Å². The minimum Gasteiger partial charge on any atom is -0.371 e. The molecule has 2 nitrogen and oxygen atoms in total. The molecule has 2 heterocycles. The molecule has 3 unspecified atom stereocenters. The van der Waals surface area contributed by atoms with Crippen LogP contribution in [0.4, 0.5) is 10.1 Å². The highest BCUT2D eigenvalue weighted by Crippen LogP contribution is 2.55. The molecule has 2 aliphatic heterocycles. The second-order valence-corrected chi connectivity index (χ2v) is 9.22. The normalized spacial score (nSPS) is 26.0. The molecule has 1 aromatic carbocycles. The van der Waals surface area contributed by atoms with Gasteiger partial charge in [-0.1, -0.05) is 32.1 Å². The van der Waals surface area contributed by atoms with Crippen molar-refractivity contribution >= 4 is 11.3 Å². The lowest BCUT2D eigenvalue weighted by atomic mass is 9.52. The summed E-state index contributed by atoms with van der Waals surface area (Å²) in [5, 5.41) is 0. The first kappa shape index (κ1) is 19.2. The zero-order valence-electron chi connectivity index (χ0n) is 16.7. The molecule has 2 saturated heterocycles. The molecular weight excluding hydrogens is 323 g/mol. The molecule has 0 amide bonds. The van der Waals surface area contributed by atoms with Gasteiger partial charge in [0.15, 0.2) is 5.79 Å². The molecule has 3 heteroatoms. The fourth-order valence-corrected chi connectivity index (χ4v) is 4.48. The molecular formula is C23H33FN2. The van der Waals surface area contributed by atoms with Crippen LogP contribution in [-0.2, 0) is 5.79 Å². The van der Waals surface area contributed by atoms with E-state index in [-0.39, 0.29) is 0 Å². The van der Waals surface area contributed by atoms with Crippen LogP contribution in [0.3, 0.4) is 0 Å². The van der Waals surface area contributed by atoms with Crippen LogP contribution >= 0.6 is 0 Å². The summed E-state index contributed by atoms with van der Waals surface area (Å²) in [5.41, 5.74) is 11.0. The quantitative estimate of drug-likeness (QED) is 0.528. The number of benzene rings is 1. The Bertz CT molecular complexity index is 712. The molecule has 2 bridgehead atoms. The van der Waals surface area contributed by atoms with E-state index in [1.54, 1.807) is 0 Å². The number of rotatable bonds is 6. The third kappa shape index (κ3) is 3.46. The first-order chi connectivity index (χ1) is 12.0. The van der Waals surface area contributed by atoms with Gasteiger partial charge in [-0.25, -0.2) is 4.39 Å². The highest BCUT2D eigenvalue weighted by atomic mass is 19.1. The molecule has 2 N–H and O–H groups in total. The van der Waals surface area contributed by atoms with Crippen molar-refractivity contribution in [3.63, 3.8) is 0 Å². The van der Waals surface area contributed by atoms with E-state index in [0.29, 0.717) is 22.8 Å². The summed E-state index contributed by atoms with van der Waals surface area (Å²) in [6, 6.07) is 6.01. The van der Waals surface area contributed by atoms with Gasteiger partial charge in [-0.3, -0.25) is 5.73 Å². The van der Waals surface area contributed by atoms with Crippen molar-refractivity contribution in [2.45, 2.75) is 52.8 Å². The van der Waals surface area contributed by atoms with Gasteiger partial charge in [0.05, 0.1) is 0 Å². The molecule has 1 aliphatic carbocycles. The zero-order valence-corrected chi connectivity index (χ0v) is 16.7. The summed E-state index contributed by atoms with van der Waals surface area (Å²) in [6.45, 7) is 18.3. The van der Waals surface area contributed by atoms with Crippen LogP contribution in [0.5, 0.6) is 0 Å². The van der Waals surface area contributed by atoms with Gasteiger partial charge in [0.25, 0.3) is 0 Å². The monoisotopic (exact) mass is 356 g/mol. The smallest absolute Gasteiger partial charge is 0.184 e. The highest BCUT2D eigenvalue weighted by molar-refractivity contribution is 5.69. The largest absolute Gasteiger partial charge is 0.371 e. The standard InChI is InChI=1S/C23H33FN2/c1-15(2)7-8-16(3)17-9-10-21(20(11-17)23(6,24)25)26-13-18-12-19(14-26)22(18,4)5/h9-11,18-19H,1,3,7-8,12-14,25H2,2,4-6H3. The number of nitrogens with zero attached hydrogens (tertiary/aromatic N) is 1. The topological polar surface area (TPSA) is 29.3 Å². The first-order valence-corrected chi connectivity index (χ1v) is 9.70. The lowest BCUT2D eigenvalue weighted by molar-refractivity contribution is -0.0364. The van der Waals surface area contributed by atoms with Crippen LogP contribution in [0, 0.1) is 17.3 Å². The van der Waals surface area contributed by atoms with Gasteiger partial charge in [0.1, 0.15) is 0 Å². The summed E-state index contributed by atoms with van der Waals surface area (Å²) in [5.74, 6) is -0.497. The fourth-order valence-electron chi connectivity index (χ4n) is 4.48. The molecule has 26 heavy (non-hydrogen) atoms.